The summed E-state index contributed by atoms with van der Waals surface area (Å²) < 4.78 is 0. The normalized spacial score (nSPS) is 14.5. The van der Waals surface area contributed by atoms with E-state index in [9.17, 15) is 14.4 Å². The molecular weight excluding hydrogens is 340 g/mol. The number of carbonyl (C=O) groups is 3. The van der Waals surface area contributed by atoms with Gasteiger partial charge in [-0.25, -0.2) is 0 Å². The van der Waals surface area contributed by atoms with Crippen molar-refractivity contribution >= 4 is 23.3 Å². The molecule has 1 saturated carbocycles. The first-order valence-corrected chi connectivity index (χ1v) is 8.96. The lowest BCUT2D eigenvalue weighted by molar-refractivity contribution is -0.122. The summed E-state index contributed by atoms with van der Waals surface area (Å²) >= 11 is 0. The zero-order chi connectivity index (χ0) is 19.3. The van der Waals surface area contributed by atoms with Crippen molar-refractivity contribution < 1.29 is 14.4 Å². The maximum absolute atomic E-state index is 12.6. The van der Waals surface area contributed by atoms with E-state index < -0.39 is 5.54 Å². The molecule has 1 fully saturated rings. The summed E-state index contributed by atoms with van der Waals surface area (Å²) in [7, 11) is 0. The first kappa shape index (κ1) is 18.6. The van der Waals surface area contributed by atoms with Gasteiger partial charge in [0.15, 0.2) is 5.78 Å². The number of amides is 2. The first-order valence-electron chi connectivity index (χ1n) is 8.96. The SMILES string of the molecule is C=CC(=O)NC1(CC(=O)Nc2cccc(C(=O)c3ccccc3)c2)CCC1. The Hall–Kier alpha value is -3.21. The molecule has 5 nitrogen and oxygen atoms in total. The summed E-state index contributed by atoms with van der Waals surface area (Å²) in [6.45, 7) is 3.46. The molecule has 0 radical (unpaired) electrons. The van der Waals surface area contributed by atoms with Gasteiger partial charge in [0.05, 0.1) is 6.42 Å². The number of hydrogen-bond acceptors (Lipinski definition) is 3. The number of carbonyl (C=O) groups excluding carboxylic acids is 3. The maximum atomic E-state index is 12.6. The van der Waals surface area contributed by atoms with Crippen LogP contribution in [0, 0.1) is 0 Å². The summed E-state index contributed by atoms with van der Waals surface area (Å²) in [5, 5.41) is 5.71. The van der Waals surface area contributed by atoms with Crippen LogP contribution in [0.3, 0.4) is 0 Å². The maximum Gasteiger partial charge on any atom is 0.243 e. The van der Waals surface area contributed by atoms with Crippen molar-refractivity contribution in [3.05, 3.63) is 78.4 Å². The second-order valence-electron chi connectivity index (χ2n) is 6.83. The summed E-state index contributed by atoms with van der Waals surface area (Å²) in [6, 6.07) is 15.9. The summed E-state index contributed by atoms with van der Waals surface area (Å²) in [6.07, 6.45) is 3.94. The van der Waals surface area contributed by atoms with Crippen LogP contribution in [0.4, 0.5) is 5.69 Å². The number of hydrogen-bond donors (Lipinski definition) is 2. The highest BCUT2D eigenvalue weighted by Crippen LogP contribution is 2.35. The highest BCUT2D eigenvalue weighted by Gasteiger charge is 2.39. The minimum atomic E-state index is -0.493. The van der Waals surface area contributed by atoms with Crippen LogP contribution in [-0.2, 0) is 9.59 Å². The van der Waals surface area contributed by atoms with Gasteiger partial charge in [-0.05, 0) is 37.5 Å². The van der Waals surface area contributed by atoms with Crippen LogP contribution >= 0.6 is 0 Å². The number of anilines is 1. The standard InChI is InChI=1S/C22H22N2O3/c1-2-19(25)24-22(12-7-13-22)15-20(26)23-18-11-6-10-17(14-18)21(27)16-8-4-3-5-9-16/h2-6,8-11,14H,1,7,12-13,15H2,(H,23,26)(H,24,25). The molecule has 1 aliphatic carbocycles. The van der Waals surface area contributed by atoms with Crippen molar-refractivity contribution in [2.45, 2.75) is 31.2 Å². The van der Waals surface area contributed by atoms with Gasteiger partial charge in [0.25, 0.3) is 0 Å². The van der Waals surface area contributed by atoms with Gasteiger partial charge in [0.1, 0.15) is 0 Å². The van der Waals surface area contributed by atoms with Gasteiger partial charge < -0.3 is 10.6 Å². The van der Waals surface area contributed by atoms with Crippen LogP contribution in [-0.4, -0.2) is 23.1 Å². The number of rotatable bonds is 7. The molecule has 0 spiro atoms. The van der Waals surface area contributed by atoms with E-state index in [1.165, 1.54) is 6.08 Å². The molecule has 2 aromatic rings. The van der Waals surface area contributed by atoms with E-state index >= 15 is 0 Å². The van der Waals surface area contributed by atoms with Crippen LogP contribution in [0.5, 0.6) is 0 Å². The van der Waals surface area contributed by atoms with Crippen LogP contribution < -0.4 is 10.6 Å². The largest absolute Gasteiger partial charge is 0.347 e. The van der Waals surface area contributed by atoms with E-state index in [2.05, 4.69) is 17.2 Å². The fraction of sp³-hybridized carbons (Fsp3) is 0.227. The van der Waals surface area contributed by atoms with Gasteiger partial charge in [-0.1, -0.05) is 49.0 Å². The molecule has 0 aromatic heterocycles. The van der Waals surface area contributed by atoms with Crippen molar-refractivity contribution in [2.75, 3.05) is 5.32 Å². The lowest BCUT2D eigenvalue weighted by atomic mass is 9.74. The van der Waals surface area contributed by atoms with Crippen LogP contribution in [0.1, 0.15) is 41.6 Å². The Balaban J connectivity index is 1.67. The molecule has 1 aliphatic rings. The van der Waals surface area contributed by atoms with Gasteiger partial charge in [-0.3, -0.25) is 14.4 Å². The molecule has 2 N–H and O–H groups in total. The lowest BCUT2D eigenvalue weighted by Gasteiger charge is -2.41. The third-order valence-corrected chi connectivity index (χ3v) is 4.83. The smallest absolute Gasteiger partial charge is 0.243 e. The molecule has 5 heteroatoms. The summed E-state index contributed by atoms with van der Waals surface area (Å²) in [5.74, 6) is -0.554. The molecule has 0 saturated heterocycles. The second kappa shape index (κ2) is 7.99. The molecule has 0 aliphatic heterocycles. The van der Waals surface area contributed by atoms with Gasteiger partial charge in [-0.15, -0.1) is 0 Å². The van der Waals surface area contributed by atoms with E-state index in [1.807, 2.05) is 18.2 Å². The second-order valence-corrected chi connectivity index (χ2v) is 6.83. The van der Waals surface area contributed by atoms with Gasteiger partial charge in [0, 0.05) is 22.4 Å². The number of nitrogens with one attached hydrogen (secondary N) is 2. The van der Waals surface area contributed by atoms with Crippen molar-refractivity contribution in [2.24, 2.45) is 0 Å². The zero-order valence-electron chi connectivity index (χ0n) is 15.0. The molecular formula is C22H22N2O3. The Labute approximate surface area is 158 Å². The Kier molecular flexibility index (Phi) is 5.50. The predicted octanol–water partition coefficient (Wildman–Crippen LogP) is 3.47. The van der Waals surface area contributed by atoms with Crippen LogP contribution in [0.25, 0.3) is 0 Å². The highest BCUT2D eigenvalue weighted by molar-refractivity contribution is 6.09. The zero-order valence-corrected chi connectivity index (χ0v) is 15.0. The highest BCUT2D eigenvalue weighted by atomic mass is 16.2. The fourth-order valence-corrected chi connectivity index (χ4v) is 3.27. The van der Waals surface area contributed by atoms with Gasteiger partial charge in [-0.2, -0.15) is 0 Å². The molecule has 138 valence electrons. The number of benzene rings is 2. The molecule has 0 unspecified atom stereocenters. The van der Waals surface area contributed by atoms with Crippen LogP contribution in [0.15, 0.2) is 67.3 Å². The summed E-state index contributed by atoms with van der Waals surface area (Å²) in [4.78, 5) is 36.6. The Morgan fingerprint density at radius 3 is 2.33 bits per heavy atom. The van der Waals surface area contributed by atoms with E-state index in [1.54, 1.807) is 36.4 Å². The Bertz CT molecular complexity index is 870. The Morgan fingerprint density at radius 2 is 1.70 bits per heavy atom. The van der Waals surface area contributed by atoms with Crippen molar-refractivity contribution in [3.63, 3.8) is 0 Å². The molecule has 0 heterocycles. The lowest BCUT2D eigenvalue weighted by Crippen LogP contribution is -2.54. The van der Waals surface area contributed by atoms with E-state index in [4.69, 9.17) is 0 Å². The minimum absolute atomic E-state index is 0.0968. The Morgan fingerprint density at radius 1 is 1.00 bits per heavy atom. The molecule has 0 atom stereocenters. The molecule has 3 rings (SSSR count). The minimum Gasteiger partial charge on any atom is -0.347 e. The van der Waals surface area contributed by atoms with Crippen molar-refractivity contribution in [1.82, 2.24) is 5.32 Å². The molecule has 2 aromatic carbocycles. The predicted molar refractivity (Wildman–Crippen MR) is 104 cm³/mol. The van der Waals surface area contributed by atoms with E-state index in [0.29, 0.717) is 16.8 Å². The average molecular weight is 362 g/mol. The first-order chi connectivity index (χ1) is 13.0. The monoisotopic (exact) mass is 362 g/mol. The number of ketones is 1. The van der Waals surface area contributed by atoms with Crippen molar-refractivity contribution in [3.8, 4) is 0 Å². The van der Waals surface area contributed by atoms with E-state index in [-0.39, 0.29) is 24.0 Å². The fourth-order valence-electron chi connectivity index (χ4n) is 3.27. The topological polar surface area (TPSA) is 75.3 Å². The quantitative estimate of drug-likeness (QED) is 0.585. The molecule has 2 amide bonds. The molecule has 0 bridgehead atoms. The van der Waals surface area contributed by atoms with Crippen molar-refractivity contribution in [1.29, 1.82) is 0 Å². The average Bonchev–Trinajstić information content (AvgIpc) is 2.66. The van der Waals surface area contributed by atoms with E-state index in [0.717, 1.165) is 19.3 Å². The summed E-state index contributed by atoms with van der Waals surface area (Å²) in [5.41, 5.74) is 1.18. The molecule has 27 heavy (non-hydrogen) atoms. The van der Waals surface area contributed by atoms with Gasteiger partial charge >= 0.3 is 0 Å². The van der Waals surface area contributed by atoms with Crippen LogP contribution in [0.2, 0.25) is 0 Å². The van der Waals surface area contributed by atoms with Gasteiger partial charge in [0.2, 0.25) is 11.8 Å². The third kappa shape index (κ3) is 4.50. The third-order valence-electron chi connectivity index (χ3n) is 4.83.